The second-order valence-electron chi connectivity index (χ2n) is 4.73. The minimum Gasteiger partial charge on any atom is -0.489 e. The van der Waals surface area contributed by atoms with Gasteiger partial charge in [0.05, 0.1) is 12.2 Å². The van der Waals surface area contributed by atoms with Gasteiger partial charge < -0.3 is 15.4 Å². The normalized spacial score (nSPS) is 13.8. The van der Waals surface area contributed by atoms with Crippen molar-refractivity contribution in [2.75, 3.05) is 23.8 Å². The third-order valence-corrected chi connectivity index (χ3v) is 3.91. The first kappa shape index (κ1) is 13.4. The van der Waals surface area contributed by atoms with Gasteiger partial charge in [-0.2, -0.15) is 0 Å². The second kappa shape index (κ2) is 5.43. The summed E-state index contributed by atoms with van der Waals surface area (Å²) >= 11 is 12.2. The minimum absolute atomic E-state index is 0.641. The van der Waals surface area contributed by atoms with Gasteiger partial charge in [0.1, 0.15) is 12.4 Å². The molecule has 0 saturated heterocycles. The molecule has 0 spiro atoms. The highest BCUT2D eigenvalue weighted by Gasteiger charge is 2.19. The Bertz CT molecular complexity index is 646. The van der Waals surface area contributed by atoms with Gasteiger partial charge in [0.25, 0.3) is 0 Å². The maximum Gasteiger partial charge on any atom is 0.144 e. The summed E-state index contributed by atoms with van der Waals surface area (Å²) in [6.07, 6.45) is 0. The van der Waals surface area contributed by atoms with Gasteiger partial charge in [-0.25, -0.2) is 0 Å². The molecule has 0 unspecified atom stereocenters. The van der Waals surface area contributed by atoms with Gasteiger partial charge in [-0.1, -0.05) is 29.3 Å². The van der Waals surface area contributed by atoms with Crippen LogP contribution < -0.4 is 15.4 Å². The van der Waals surface area contributed by atoms with E-state index in [0.717, 1.165) is 30.1 Å². The first-order chi connectivity index (χ1) is 9.63. The predicted octanol–water partition coefficient (Wildman–Crippen LogP) is 3.97. The fraction of sp³-hybridized carbons (Fsp3) is 0.200. The maximum absolute atomic E-state index is 6.24. The Balaban J connectivity index is 1.89. The van der Waals surface area contributed by atoms with Crippen LogP contribution >= 0.6 is 23.2 Å². The van der Waals surface area contributed by atoms with Gasteiger partial charge in [0, 0.05) is 28.3 Å². The number of nitrogens with zero attached hydrogens (tertiary/aromatic N) is 1. The third kappa shape index (κ3) is 2.65. The Hall–Kier alpha value is -1.58. The molecule has 3 rings (SSSR count). The number of halogens is 2. The molecule has 2 aromatic rings. The molecule has 0 aliphatic carbocycles. The van der Waals surface area contributed by atoms with E-state index in [1.807, 2.05) is 30.3 Å². The molecule has 1 aliphatic rings. The molecule has 1 heterocycles. The molecule has 0 aromatic heterocycles. The van der Waals surface area contributed by atoms with E-state index in [2.05, 4.69) is 4.90 Å². The molecule has 104 valence electrons. The smallest absolute Gasteiger partial charge is 0.144 e. The van der Waals surface area contributed by atoms with Crippen LogP contribution in [-0.2, 0) is 6.54 Å². The van der Waals surface area contributed by atoms with Crippen molar-refractivity contribution >= 4 is 34.6 Å². The minimum atomic E-state index is 0.641. The van der Waals surface area contributed by atoms with Crippen LogP contribution in [0.4, 0.5) is 11.4 Å². The van der Waals surface area contributed by atoms with E-state index in [9.17, 15) is 0 Å². The predicted molar refractivity (Wildman–Crippen MR) is 83.9 cm³/mol. The van der Waals surface area contributed by atoms with Crippen LogP contribution in [0.3, 0.4) is 0 Å². The van der Waals surface area contributed by atoms with Crippen molar-refractivity contribution < 1.29 is 4.74 Å². The van der Waals surface area contributed by atoms with Gasteiger partial charge in [0.15, 0.2) is 0 Å². The molecule has 0 bridgehead atoms. The molecule has 0 radical (unpaired) electrons. The van der Waals surface area contributed by atoms with E-state index >= 15 is 0 Å². The Kier molecular flexibility index (Phi) is 3.64. The number of anilines is 2. The molecule has 1 aliphatic heterocycles. The summed E-state index contributed by atoms with van der Waals surface area (Å²) in [5, 5.41) is 1.33. The fourth-order valence-corrected chi connectivity index (χ4v) is 2.78. The average Bonchev–Trinajstić information content (AvgIpc) is 2.41. The van der Waals surface area contributed by atoms with Crippen molar-refractivity contribution in [3.8, 4) is 5.75 Å². The zero-order chi connectivity index (χ0) is 14.1. The standard InChI is InChI=1S/C15H14Cl2N2O/c16-11-2-1-10(13(17)7-11)9-19-5-6-20-15-8-12(18)3-4-14(15)19/h1-4,7-8H,5-6,9,18H2. The van der Waals surface area contributed by atoms with Crippen LogP contribution in [0.5, 0.6) is 5.75 Å². The average molecular weight is 309 g/mol. The first-order valence-corrected chi connectivity index (χ1v) is 7.10. The number of nitrogens with two attached hydrogens (primary N) is 1. The molecular weight excluding hydrogens is 295 g/mol. The summed E-state index contributed by atoms with van der Waals surface area (Å²) < 4.78 is 5.65. The Morgan fingerprint density at radius 2 is 2.00 bits per heavy atom. The Morgan fingerprint density at radius 1 is 1.15 bits per heavy atom. The zero-order valence-electron chi connectivity index (χ0n) is 10.8. The van der Waals surface area contributed by atoms with E-state index in [0.29, 0.717) is 22.3 Å². The van der Waals surface area contributed by atoms with Crippen LogP contribution in [0.1, 0.15) is 5.56 Å². The SMILES string of the molecule is Nc1ccc2c(c1)OCCN2Cc1ccc(Cl)cc1Cl. The van der Waals surface area contributed by atoms with Gasteiger partial charge >= 0.3 is 0 Å². The number of rotatable bonds is 2. The van der Waals surface area contributed by atoms with Crippen LogP contribution in [0, 0.1) is 0 Å². The van der Waals surface area contributed by atoms with Crippen LogP contribution in [-0.4, -0.2) is 13.2 Å². The van der Waals surface area contributed by atoms with Crippen molar-refractivity contribution in [3.05, 3.63) is 52.0 Å². The molecule has 3 nitrogen and oxygen atoms in total. The highest BCUT2D eigenvalue weighted by molar-refractivity contribution is 6.35. The number of fused-ring (bicyclic) bond motifs is 1. The number of hydrogen-bond donors (Lipinski definition) is 1. The summed E-state index contributed by atoms with van der Waals surface area (Å²) in [6, 6.07) is 11.3. The molecule has 2 aromatic carbocycles. The van der Waals surface area contributed by atoms with Gasteiger partial charge in [-0.05, 0) is 29.8 Å². The van der Waals surface area contributed by atoms with E-state index in [1.54, 1.807) is 6.07 Å². The van der Waals surface area contributed by atoms with Crippen LogP contribution in [0.15, 0.2) is 36.4 Å². The Morgan fingerprint density at radius 3 is 2.80 bits per heavy atom. The summed E-state index contributed by atoms with van der Waals surface area (Å²) in [7, 11) is 0. The van der Waals surface area contributed by atoms with Crippen molar-refractivity contribution in [1.29, 1.82) is 0 Å². The van der Waals surface area contributed by atoms with Gasteiger partial charge in [-0.15, -0.1) is 0 Å². The lowest BCUT2D eigenvalue weighted by molar-refractivity contribution is 0.307. The highest BCUT2D eigenvalue weighted by Crippen LogP contribution is 2.35. The molecule has 0 atom stereocenters. The van der Waals surface area contributed by atoms with Crippen LogP contribution in [0.2, 0.25) is 10.0 Å². The zero-order valence-corrected chi connectivity index (χ0v) is 12.3. The summed E-state index contributed by atoms with van der Waals surface area (Å²) in [5.74, 6) is 0.821. The maximum atomic E-state index is 6.24. The lowest BCUT2D eigenvalue weighted by Crippen LogP contribution is -2.32. The van der Waals surface area contributed by atoms with Crippen molar-refractivity contribution in [2.45, 2.75) is 6.54 Å². The molecule has 20 heavy (non-hydrogen) atoms. The largest absolute Gasteiger partial charge is 0.489 e. The lowest BCUT2D eigenvalue weighted by Gasteiger charge is -2.31. The van der Waals surface area contributed by atoms with Crippen molar-refractivity contribution in [1.82, 2.24) is 0 Å². The van der Waals surface area contributed by atoms with Gasteiger partial charge in [-0.3, -0.25) is 0 Å². The summed E-state index contributed by atoms with van der Waals surface area (Å²) in [6.45, 7) is 2.17. The monoisotopic (exact) mass is 308 g/mol. The summed E-state index contributed by atoms with van der Waals surface area (Å²) in [5.41, 5.74) is 8.57. The highest BCUT2D eigenvalue weighted by atomic mass is 35.5. The van der Waals surface area contributed by atoms with Gasteiger partial charge in [0.2, 0.25) is 0 Å². The number of nitrogen functional groups attached to an aromatic ring is 1. The van der Waals surface area contributed by atoms with E-state index < -0.39 is 0 Å². The van der Waals surface area contributed by atoms with Crippen LogP contribution in [0.25, 0.3) is 0 Å². The molecule has 0 saturated carbocycles. The molecule has 0 fully saturated rings. The first-order valence-electron chi connectivity index (χ1n) is 6.35. The number of ether oxygens (including phenoxy) is 1. The van der Waals surface area contributed by atoms with Crippen molar-refractivity contribution in [2.24, 2.45) is 0 Å². The molecule has 2 N–H and O–H groups in total. The van der Waals surface area contributed by atoms with E-state index in [4.69, 9.17) is 33.7 Å². The quantitative estimate of drug-likeness (QED) is 0.853. The molecule has 0 amide bonds. The topological polar surface area (TPSA) is 38.5 Å². The van der Waals surface area contributed by atoms with E-state index in [-0.39, 0.29) is 0 Å². The van der Waals surface area contributed by atoms with E-state index in [1.165, 1.54) is 0 Å². The molecular formula is C15H14Cl2N2O. The molecule has 5 heteroatoms. The Labute approximate surface area is 127 Å². The fourth-order valence-electron chi connectivity index (χ4n) is 2.31. The third-order valence-electron chi connectivity index (χ3n) is 3.32. The number of benzene rings is 2. The second-order valence-corrected chi connectivity index (χ2v) is 5.58. The summed E-state index contributed by atoms with van der Waals surface area (Å²) in [4.78, 5) is 2.23. The van der Waals surface area contributed by atoms with Crippen molar-refractivity contribution in [3.63, 3.8) is 0 Å². The lowest BCUT2D eigenvalue weighted by atomic mass is 10.1. The number of hydrogen-bond acceptors (Lipinski definition) is 3.